The van der Waals surface area contributed by atoms with Gasteiger partial charge in [0.15, 0.2) is 11.6 Å². The minimum atomic E-state index is -4.15. The predicted molar refractivity (Wildman–Crippen MR) is 155 cm³/mol. The van der Waals surface area contributed by atoms with E-state index < -0.39 is 36.9 Å². The van der Waals surface area contributed by atoms with Gasteiger partial charge in [-0.05, 0) is 55.5 Å². The van der Waals surface area contributed by atoms with Gasteiger partial charge in [-0.25, -0.2) is 25.4 Å². The molecule has 0 aliphatic rings. The fourth-order valence-electron chi connectivity index (χ4n) is 4.37. The maximum absolute atomic E-state index is 14.5. The molecule has 0 bridgehead atoms. The molecule has 2 aromatic heterocycles. The number of rotatable bonds is 6. The first-order chi connectivity index (χ1) is 19.2. The van der Waals surface area contributed by atoms with Crippen molar-refractivity contribution in [2.24, 2.45) is 11.4 Å². The first-order valence-electron chi connectivity index (χ1n) is 12.2. The lowest BCUT2D eigenvalue weighted by molar-refractivity contribution is 0.439. The Hall–Kier alpha value is -4.29. The summed E-state index contributed by atoms with van der Waals surface area (Å²) in [5.74, 6) is -1.86. The van der Waals surface area contributed by atoms with E-state index in [2.05, 4.69) is 4.36 Å². The van der Waals surface area contributed by atoms with E-state index in [1.165, 1.54) is 66.9 Å². The molecule has 41 heavy (non-hydrogen) atoms. The van der Waals surface area contributed by atoms with Gasteiger partial charge < -0.3 is 9.30 Å². The summed E-state index contributed by atoms with van der Waals surface area (Å²) in [4.78, 5) is 13.3. The number of pyridine rings is 1. The summed E-state index contributed by atoms with van der Waals surface area (Å²) >= 11 is 0. The number of fused-ring (bicyclic) bond motifs is 1. The highest BCUT2D eigenvalue weighted by Crippen LogP contribution is 2.40. The lowest BCUT2D eigenvalue weighted by atomic mass is 10.0. The Morgan fingerprint density at radius 1 is 0.854 bits per heavy atom. The smallest absolute Gasteiger partial charge is 0.275 e. The van der Waals surface area contributed by atoms with E-state index in [1.54, 1.807) is 18.2 Å². The third-order valence-corrected chi connectivity index (χ3v) is 8.60. The number of nitrogens with zero attached hydrogens (tertiary/aromatic N) is 3. The lowest BCUT2D eigenvalue weighted by Crippen LogP contribution is -2.22. The van der Waals surface area contributed by atoms with E-state index in [0.29, 0.717) is 22.9 Å². The van der Waals surface area contributed by atoms with Gasteiger partial charge in [0.05, 0.1) is 10.6 Å². The number of benzene rings is 3. The Kier molecular flexibility index (Phi) is 7.08. The van der Waals surface area contributed by atoms with Crippen molar-refractivity contribution in [3.63, 3.8) is 0 Å². The zero-order chi connectivity index (χ0) is 29.7. The van der Waals surface area contributed by atoms with Crippen LogP contribution in [0.5, 0.6) is 11.5 Å². The molecule has 212 valence electrons. The number of hydrogen-bond acceptors (Lipinski definition) is 6. The van der Waals surface area contributed by atoms with Crippen molar-refractivity contribution in [1.29, 1.82) is 0 Å². The van der Waals surface area contributed by atoms with Gasteiger partial charge in [-0.15, -0.1) is 0 Å². The molecule has 0 spiro atoms. The number of ether oxygens (including phenoxy) is 1. The highest BCUT2D eigenvalue weighted by molar-refractivity contribution is 7.92. The monoisotopic (exact) mass is 597 g/mol. The molecule has 0 saturated carbocycles. The molecule has 8 nitrogen and oxygen atoms in total. The van der Waals surface area contributed by atoms with Crippen LogP contribution in [-0.4, -0.2) is 33.7 Å². The van der Waals surface area contributed by atoms with Crippen LogP contribution < -0.4 is 10.3 Å². The van der Waals surface area contributed by atoms with Crippen molar-refractivity contribution < 1.29 is 26.1 Å². The molecule has 5 aromatic rings. The summed E-state index contributed by atoms with van der Waals surface area (Å²) < 4.78 is 79.9. The van der Waals surface area contributed by atoms with E-state index in [1.807, 2.05) is 6.92 Å². The van der Waals surface area contributed by atoms with Gasteiger partial charge >= 0.3 is 0 Å². The molecule has 0 N–H and O–H groups in total. The molecule has 0 radical (unpaired) electrons. The molecule has 5 rings (SSSR count). The topological polar surface area (TPSA) is 99.7 Å². The SMILES string of the molecule is Cc1ccc(S(=O)(=O)n2ccc3c(-c4cc(N=S(C)(C)=O)ccc4Oc4ccc(F)cc4F)cn(C)c(=O)c32)cc1. The molecular formula is C29H25F2N3O5S2. The minimum absolute atomic E-state index is 0.00492. The second kappa shape index (κ2) is 10.3. The van der Waals surface area contributed by atoms with Crippen LogP contribution in [0, 0.1) is 18.6 Å². The molecule has 0 fully saturated rings. The zero-order valence-corrected chi connectivity index (χ0v) is 24.1. The van der Waals surface area contributed by atoms with Crippen LogP contribution in [0.4, 0.5) is 14.5 Å². The second-order valence-electron chi connectivity index (χ2n) is 9.78. The van der Waals surface area contributed by atoms with Crippen molar-refractivity contribution in [1.82, 2.24) is 8.54 Å². The van der Waals surface area contributed by atoms with Crippen molar-refractivity contribution in [3.8, 4) is 22.6 Å². The van der Waals surface area contributed by atoms with Crippen LogP contribution >= 0.6 is 0 Å². The van der Waals surface area contributed by atoms with Crippen LogP contribution in [0.15, 0.2) is 93.2 Å². The summed E-state index contributed by atoms with van der Waals surface area (Å²) in [5, 5.41) is 0.277. The Morgan fingerprint density at radius 2 is 1.54 bits per heavy atom. The lowest BCUT2D eigenvalue weighted by Gasteiger charge is -2.15. The quantitative estimate of drug-likeness (QED) is 0.240. The summed E-state index contributed by atoms with van der Waals surface area (Å²) in [6, 6.07) is 15.2. The summed E-state index contributed by atoms with van der Waals surface area (Å²) in [6.07, 6.45) is 5.72. The third-order valence-electron chi connectivity index (χ3n) is 6.26. The molecule has 0 aliphatic heterocycles. The Bertz CT molecular complexity index is 2120. The Morgan fingerprint density at radius 3 is 2.20 bits per heavy atom. The van der Waals surface area contributed by atoms with Crippen molar-refractivity contribution >= 4 is 36.3 Å². The first-order valence-corrected chi connectivity index (χ1v) is 16.0. The summed E-state index contributed by atoms with van der Waals surface area (Å²) in [7, 11) is -5.25. The maximum Gasteiger partial charge on any atom is 0.275 e. The van der Waals surface area contributed by atoms with Crippen molar-refractivity contribution in [3.05, 3.63) is 107 Å². The average Bonchev–Trinajstić information content (AvgIpc) is 3.35. The van der Waals surface area contributed by atoms with E-state index in [0.717, 1.165) is 21.7 Å². The van der Waals surface area contributed by atoms with E-state index in [-0.39, 0.29) is 27.3 Å². The van der Waals surface area contributed by atoms with Gasteiger partial charge in [0.25, 0.3) is 15.6 Å². The predicted octanol–water partition coefficient (Wildman–Crippen LogP) is 5.98. The van der Waals surface area contributed by atoms with Gasteiger partial charge in [0.2, 0.25) is 0 Å². The fourth-order valence-corrected chi connectivity index (χ4v) is 6.34. The fraction of sp³-hybridized carbons (Fsp3) is 0.138. The number of aromatic nitrogens is 2. The molecule has 3 aromatic carbocycles. The van der Waals surface area contributed by atoms with Crippen molar-refractivity contribution in [2.45, 2.75) is 11.8 Å². The Labute approximate surface area is 235 Å². The van der Waals surface area contributed by atoms with Crippen LogP contribution in [0.1, 0.15) is 5.56 Å². The maximum atomic E-state index is 14.5. The molecule has 12 heteroatoms. The summed E-state index contributed by atoms with van der Waals surface area (Å²) in [6.45, 7) is 1.83. The zero-order valence-electron chi connectivity index (χ0n) is 22.5. The highest BCUT2D eigenvalue weighted by Gasteiger charge is 2.24. The van der Waals surface area contributed by atoms with Gasteiger partial charge in [-0.1, -0.05) is 17.7 Å². The molecule has 0 unspecified atom stereocenters. The van der Waals surface area contributed by atoms with Gasteiger partial charge in [-0.3, -0.25) is 4.79 Å². The highest BCUT2D eigenvalue weighted by atomic mass is 32.2. The molecular weight excluding hydrogens is 572 g/mol. The average molecular weight is 598 g/mol. The second-order valence-corrected chi connectivity index (χ2v) is 14.1. The molecule has 0 amide bonds. The van der Waals surface area contributed by atoms with E-state index in [4.69, 9.17) is 4.74 Å². The van der Waals surface area contributed by atoms with Crippen LogP contribution in [-0.2, 0) is 26.8 Å². The number of aryl methyl sites for hydroxylation is 2. The van der Waals surface area contributed by atoms with Crippen LogP contribution in [0.25, 0.3) is 22.0 Å². The first kappa shape index (κ1) is 28.2. The number of halogens is 2. The minimum Gasteiger partial charge on any atom is -0.454 e. The van der Waals surface area contributed by atoms with E-state index in [9.17, 15) is 26.2 Å². The Balaban J connectivity index is 1.78. The standard InChI is InChI=1S/C29H25F2N3O5S2/c1-18-5-9-21(10-6-18)41(37,38)34-14-13-22-24(17-33(2)29(35)28(22)34)23-16-20(32-40(3,4)36)8-12-26(23)39-27-11-7-19(30)15-25(27)31/h5-17H,1-4H3. The van der Waals surface area contributed by atoms with Gasteiger partial charge in [-0.2, -0.15) is 4.36 Å². The van der Waals surface area contributed by atoms with Crippen LogP contribution in [0.2, 0.25) is 0 Å². The van der Waals surface area contributed by atoms with Gasteiger partial charge in [0.1, 0.15) is 17.1 Å². The molecule has 2 heterocycles. The van der Waals surface area contributed by atoms with Gasteiger partial charge in [0, 0.05) is 64.3 Å². The van der Waals surface area contributed by atoms with Crippen molar-refractivity contribution in [2.75, 3.05) is 12.5 Å². The molecule has 0 saturated heterocycles. The number of hydrogen-bond donors (Lipinski definition) is 0. The third kappa shape index (κ3) is 5.52. The largest absolute Gasteiger partial charge is 0.454 e. The molecule has 0 atom stereocenters. The van der Waals surface area contributed by atoms with E-state index >= 15 is 0 Å². The van der Waals surface area contributed by atoms with Crippen LogP contribution in [0.3, 0.4) is 0 Å². The molecule has 0 aliphatic carbocycles. The summed E-state index contributed by atoms with van der Waals surface area (Å²) in [5.41, 5.74) is 1.19. The normalized spacial score (nSPS) is 12.0.